The third-order valence-corrected chi connectivity index (χ3v) is 2.08. The molecule has 0 aliphatic carbocycles. The summed E-state index contributed by atoms with van der Waals surface area (Å²) in [7, 11) is 0. The van der Waals surface area contributed by atoms with Crippen molar-refractivity contribution in [2.45, 2.75) is 12.8 Å². The minimum Gasteiger partial charge on any atom is -0.481 e. The Morgan fingerprint density at radius 2 is 1.88 bits per heavy atom. The SMILES string of the molecule is N=C(S)NC(=O)Cc1cccc(CC(=O)O)c1. The second kappa shape index (κ2) is 6.05. The summed E-state index contributed by atoms with van der Waals surface area (Å²) in [5.74, 6) is -1.26. The summed E-state index contributed by atoms with van der Waals surface area (Å²) < 4.78 is 0. The lowest BCUT2D eigenvalue weighted by Crippen LogP contribution is -2.27. The van der Waals surface area contributed by atoms with Crippen LogP contribution in [-0.4, -0.2) is 22.2 Å². The fourth-order valence-electron chi connectivity index (χ4n) is 1.39. The number of amidine groups is 1. The molecule has 0 spiro atoms. The van der Waals surface area contributed by atoms with E-state index in [0.717, 1.165) is 0 Å². The maximum atomic E-state index is 11.3. The largest absolute Gasteiger partial charge is 0.481 e. The van der Waals surface area contributed by atoms with E-state index in [4.69, 9.17) is 10.5 Å². The Morgan fingerprint density at radius 1 is 1.29 bits per heavy atom. The molecule has 1 aromatic carbocycles. The van der Waals surface area contributed by atoms with Gasteiger partial charge in [-0.1, -0.05) is 24.3 Å². The Hall–Kier alpha value is -1.82. The molecule has 0 heterocycles. The summed E-state index contributed by atoms with van der Waals surface area (Å²) in [4.78, 5) is 21.9. The predicted molar refractivity (Wildman–Crippen MR) is 66.3 cm³/mol. The molecule has 0 atom stereocenters. The van der Waals surface area contributed by atoms with E-state index in [0.29, 0.717) is 11.1 Å². The Kier molecular flexibility index (Phi) is 4.71. The summed E-state index contributed by atoms with van der Waals surface area (Å²) in [6, 6.07) is 6.78. The maximum absolute atomic E-state index is 11.3. The molecule has 1 amide bonds. The molecule has 0 saturated heterocycles. The average molecular weight is 252 g/mol. The van der Waals surface area contributed by atoms with E-state index in [1.807, 2.05) is 0 Å². The Bertz CT molecular complexity index is 460. The van der Waals surface area contributed by atoms with Crippen molar-refractivity contribution in [1.82, 2.24) is 5.32 Å². The molecule has 90 valence electrons. The van der Waals surface area contributed by atoms with Crippen molar-refractivity contribution in [3.8, 4) is 0 Å². The lowest BCUT2D eigenvalue weighted by Gasteiger charge is -2.04. The standard InChI is InChI=1S/C11H12N2O3S/c12-11(17)13-9(14)5-7-2-1-3-8(4-7)6-10(15)16/h1-4H,5-6H2,(H,15,16)(H3,12,13,14,17). The molecule has 1 rings (SSSR count). The van der Waals surface area contributed by atoms with Crippen LogP contribution in [0.2, 0.25) is 0 Å². The van der Waals surface area contributed by atoms with Crippen molar-refractivity contribution < 1.29 is 14.7 Å². The third kappa shape index (κ3) is 5.17. The molecule has 0 aromatic heterocycles. The van der Waals surface area contributed by atoms with E-state index in [2.05, 4.69) is 17.9 Å². The smallest absolute Gasteiger partial charge is 0.307 e. The van der Waals surface area contributed by atoms with E-state index in [1.54, 1.807) is 24.3 Å². The number of carboxylic acids is 1. The van der Waals surface area contributed by atoms with Crippen LogP contribution < -0.4 is 5.32 Å². The fourth-order valence-corrected chi connectivity index (χ4v) is 1.51. The van der Waals surface area contributed by atoms with Gasteiger partial charge >= 0.3 is 5.97 Å². The molecule has 0 radical (unpaired) electrons. The number of hydrogen-bond acceptors (Lipinski definition) is 3. The van der Waals surface area contributed by atoms with Crippen molar-refractivity contribution in [1.29, 1.82) is 5.41 Å². The van der Waals surface area contributed by atoms with E-state index in [1.165, 1.54) is 0 Å². The van der Waals surface area contributed by atoms with Crippen molar-refractivity contribution in [2.75, 3.05) is 0 Å². The van der Waals surface area contributed by atoms with E-state index < -0.39 is 5.97 Å². The van der Waals surface area contributed by atoms with Gasteiger partial charge in [-0.05, 0) is 11.1 Å². The second-order valence-electron chi connectivity index (χ2n) is 3.46. The van der Waals surface area contributed by atoms with Gasteiger partial charge in [0.25, 0.3) is 0 Å². The normalized spacial score (nSPS) is 9.71. The zero-order valence-corrected chi connectivity index (χ0v) is 9.83. The second-order valence-corrected chi connectivity index (χ2v) is 3.91. The molecule has 0 bridgehead atoms. The highest BCUT2D eigenvalue weighted by molar-refractivity contribution is 7.96. The third-order valence-electron chi connectivity index (χ3n) is 1.97. The van der Waals surface area contributed by atoms with Gasteiger partial charge in [0.05, 0.1) is 12.8 Å². The highest BCUT2D eigenvalue weighted by Crippen LogP contribution is 2.07. The Labute approximate surface area is 104 Å². The molecule has 6 heteroatoms. The predicted octanol–water partition coefficient (Wildman–Crippen LogP) is 0.837. The molecular weight excluding hydrogens is 240 g/mol. The van der Waals surface area contributed by atoms with E-state index in [9.17, 15) is 9.59 Å². The molecule has 3 N–H and O–H groups in total. The van der Waals surface area contributed by atoms with Crippen LogP contribution in [0.4, 0.5) is 0 Å². The fraction of sp³-hybridized carbons (Fsp3) is 0.182. The van der Waals surface area contributed by atoms with Gasteiger partial charge < -0.3 is 10.4 Å². The molecule has 0 unspecified atom stereocenters. The molecule has 1 aromatic rings. The lowest BCUT2D eigenvalue weighted by molar-refractivity contribution is -0.136. The number of hydrogen-bond donors (Lipinski definition) is 4. The monoisotopic (exact) mass is 252 g/mol. The topological polar surface area (TPSA) is 90.3 Å². The Balaban J connectivity index is 2.68. The highest BCUT2D eigenvalue weighted by atomic mass is 32.1. The van der Waals surface area contributed by atoms with Gasteiger partial charge in [0.15, 0.2) is 5.17 Å². The maximum Gasteiger partial charge on any atom is 0.307 e. The van der Waals surface area contributed by atoms with Crippen LogP contribution in [0.25, 0.3) is 0 Å². The number of amides is 1. The van der Waals surface area contributed by atoms with Gasteiger partial charge in [-0.2, -0.15) is 0 Å². The number of benzene rings is 1. The quantitative estimate of drug-likeness (QED) is 0.363. The number of carboxylic acid groups (broad SMARTS) is 1. The van der Waals surface area contributed by atoms with Crippen LogP contribution in [0.3, 0.4) is 0 Å². The number of carbonyl (C=O) groups is 2. The number of nitrogens with one attached hydrogen (secondary N) is 2. The van der Waals surface area contributed by atoms with Crippen LogP contribution in [0.15, 0.2) is 24.3 Å². The molecular formula is C11H12N2O3S. The van der Waals surface area contributed by atoms with Crippen LogP contribution in [-0.2, 0) is 22.4 Å². The number of thiol groups is 1. The molecule has 5 nitrogen and oxygen atoms in total. The molecule has 0 aliphatic rings. The first-order valence-corrected chi connectivity index (χ1v) is 5.29. The zero-order chi connectivity index (χ0) is 12.8. The van der Waals surface area contributed by atoms with E-state index in [-0.39, 0.29) is 23.9 Å². The van der Waals surface area contributed by atoms with Gasteiger partial charge in [-0.25, -0.2) is 0 Å². The zero-order valence-electron chi connectivity index (χ0n) is 8.93. The molecule has 0 saturated carbocycles. The first-order valence-electron chi connectivity index (χ1n) is 4.84. The van der Waals surface area contributed by atoms with E-state index >= 15 is 0 Å². The summed E-state index contributed by atoms with van der Waals surface area (Å²) in [5.41, 5.74) is 1.35. The van der Waals surface area contributed by atoms with Crippen LogP contribution >= 0.6 is 12.6 Å². The summed E-state index contributed by atoms with van der Waals surface area (Å²) in [5, 5.41) is 17.7. The average Bonchev–Trinajstić information content (AvgIpc) is 2.14. The number of rotatable bonds is 4. The molecule has 0 aliphatic heterocycles. The minimum absolute atomic E-state index is 0.0716. The van der Waals surface area contributed by atoms with Gasteiger partial charge in [-0.15, -0.1) is 12.6 Å². The van der Waals surface area contributed by atoms with Crippen molar-refractivity contribution in [2.24, 2.45) is 0 Å². The summed E-state index contributed by atoms with van der Waals surface area (Å²) in [6.07, 6.45) is 0.0221. The van der Waals surface area contributed by atoms with Crippen molar-refractivity contribution in [3.63, 3.8) is 0 Å². The summed E-state index contributed by atoms with van der Waals surface area (Å²) in [6.45, 7) is 0. The minimum atomic E-state index is -0.913. The Morgan fingerprint density at radius 3 is 2.41 bits per heavy atom. The van der Waals surface area contributed by atoms with Gasteiger partial charge in [0, 0.05) is 0 Å². The lowest BCUT2D eigenvalue weighted by atomic mass is 10.1. The molecule has 17 heavy (non-hydrogen) atoms. The first kappa shape index (κ1) is 13.2. The van der Waals surface area contributed by atoms with Gasteiger partial charge in [0.2, 0.25) is 5.91 Å². The number of aliphatic carboxylic acids is 1. The van der Waals surface area contributed by atoms with Gasteiger partial charge in [-0.3, -0.25) is 15.0 Å². The van der Waals surface area contributed by atoms with Crippen LogP contribution in [0.5, 0.6) is 0 Å². The van der Waals surface area contributed by atoms with Crippen molar-refractivity contribution in [3.05, 3.63) is 35.4 Å². The summed E-state index contributed by atoms with van der Waals surface area (Å²) >= 11 is 3.64. The first-order chi connectivity index (χ1) is 7.97. The molecule has 0 fully saturated rings. The van der Waals surface area contributed by atoms with Crippen molar-refractivity contribution >= 4 is 29.7 Å². The van der Waals surface area contributed by atoms with Gasteiger partial charge in [0.1, 0.15) is 0 Å². The van der Waals surface area contributed by atoms with Crippen LogP contribution in [0, 0.1) is 5.41 Å². The van der Waals surface area contributed by atoms with Crippen LogP contribution in [0.1, 0.15) is 11.1 Å². The highest BCUT2D eigenvalue weighted by Gasteiger charge is 2.06. The number of carbonyl (C=O) groups excluding carboxylic acids is 1.